The number of carboxylic acid groups (broad SMARTS) is 1. The molecule has 0 saturated heterocycles. The first-order valence-corrected chi connectivity index (χ1v) is 2.61. The van der Waals surface area contributed by atoms with E-state index >= 15 is 0 Å². The Kier molecular flexibility index (Phi) is 7.36. The number of furan rings is 1. The average Bonchev–Trinajstić information content (AvgIpc) is 2.15. The van der Waals surface area contributed by atoms with Crippen molar-refractivity contribution in [1.82, 2.24) is 6.15 Å². The Morgan fingerprint density at radius 2 is 2.18 bits per heavy atom. The lowest BCUT2D eigenvalue weighted by Gasteiger charge is -1.70. The minimum absolute atomic E-state index is 0. The van der Waals surface area contributed by atoms with Gasteiger partial charge >= 0.3 is 0 Å². The molecule has 0 aliphatic rings. The highest BCUT2D eigenvalue weighted by Gasteiger charge is 1.76. The predicted molar refractivity (Wildman–Crippen MR) is 41.5 cm³/mol. The molecular weight excluding hydrogens is 148 g/mol. The topological polar surface area (TPSA) is 111 Å². The molecule has 0 aromatic carbocycles. The van der Waals surface area contributed by atoms with Crippen molar-refractivity contribution < 1.29 is 14.3 Å². The first-order chi connectivity index (χ1) is 4.63. The quantitative estimate of drug-likeness (QED) is 0.526. The van der Waals surface area contributed by atoms with Crippen LogP contribution >= 0.6 is 0 Å². The van der Waals surface area contributed by atoms with Crippen molar-refractivity contribution in [2.45, 2.75) is 6.92 Å². The largest absolute Gasteiger partial charge is 0.481 e. The van der Waals surface area contributed by atoms with Gasteiger partial charge in [-0.15, -0.1) is 0 Å². The zero-order chi connectivity index (χ0) is 7.98. The standard InChI is InChI=1S/C4H5NO.C2H4O2.H3N/c5-4-2-1-3-6-4;1-2(3)4;/h1-3H,5H2;1H3,(H,3,4);1H3. The van der Waals surface area contributed by atoms with Gasteiger partial charge < -0.3 is 21.4 Å². The molecule has 1 heterocycles. The number of hydrogen-bond donors (Lipinski definition) is 3. The van der Waals surface area contributed by atoms with Gasteiger partial charge in [-0.2, -0.15) is 0 Å². The number of hydrogen-bond acceptors (Lipinski definition) is 4. The first kappa shape index (κ1) is 12.2. The summed E-state index contributed by atoms with van der Waals surface area (Å²) >= 11 is 0. The van der Waals surface area contributed by atoms with Crippen molar-refractivity contribution >= 4 is 11.9 Å². The van der Waals surface area contributed by atoms with Crippen molar-refractivity contribution in [3.05, 3.63) is 18.4 Å². The van der Waals surface area contributed by atoms with Gasteiger partial charge in [0.2, 0.25) is 0 Å². The van der Waals surface area contributed by atoms with E-state index in [2.05, 4.69) is 4.42 Å². The summed E-state index contributed by atoms with van der Waals surface area (Å²) in [7, 11) is 0. The fourth-order valence-corrected chi connectivity index (χ4v) is 0.291. The molecule has 0 unspecified atom stereocenters. The Labute approximate surface area is 64.4 Å². The highest BCUT2D eigenvalue weighted by Crippen LogP contribution is 1.97. The molecule has 0 aliphatic carbocycles. The van der Waals surface area contributed by atoms with Crippen LogP contribution in [0.5, 0.6) is 0 Å². The second-order valence-corrected chi connectivity index (χ2v) is 1.53. The predicted octanol–water partition coefficient (Wildman–Crippen LogP) is 1.11. The monoisotopic (exact) mass is 160 g/mol. The van der Waals surface area contributed by atoms with E-state index in [9.17, 15) is 0 Å². The summed E-state index contributed by atoms with van der Waals surface area (Å²) in [5, 5.41) is 7.42. The third kappa shape index (κ3) is 11.9. The van der Waals surface area contributed by atoms with Crippen molar-refractivity contribution in [3.63, 3.8) is 0 Å². The van der Waals surface area contributed by atoms with E-state index in [1.807, 2.05) is 0 Å². The van der Waals surface area contributed by atoms with Gasteiger partial charge in [0.05, 0.1) is 6.26 Å². The van der Waals surface area contributed by atoms with E-state index in [1.165, 1.54) is 6.26 Å². The lowest BCUT2D eigenvalue weighted by atomic mass is 10.6. The van der Waals surface area contributed by atoms with Crippen LogP contribution in [0.2, 0.25) is 0 Å². The van der Waals surface area contributed by atoms with Crippen LogP contribution in [-0.4, -0.2) is 11.1 Å². The van der Waals surface area contributed by atoms with E-state index < -0.39 is 5.97 Å². The molecule has 64 valence electrons. The number of nitrogen functional groups attached to an aromatic ring is 1. The van der Waals surface area contributed by atoms with E-state index in [0.717, 1.165) is 6.92 Å². The number of rotatable bonds is 0. The molecule has 0 spiro atoms. The third-order valence-electron chi connectivity index (χ3n) is 0.543. The van der Waals surface area contributed by atoms with Gasteiger partial charge in [-0.05, 0) is 6.07 Å². The molecule has 1 aromatic heterocycles. The van der Waals surface area contributed by atoms with E-state index in [4.69, 9.17) is 15.6 Å². The van der Waals surface area contributed by atoms with E-state index in [0.29, 0.717) is 5.88 Å². The van der Waals surface area contributed by atoms with Gasteiger partial charge in [0.15, 0.2) is 5.88 Å². The van der Waals surface area contributed by atoms with E-state index in [1.54, 1.807) is 12.1 Å². The van der Waals surface area contributed by atoms with Crippen molar-refractivity contribution in [2.75, 3.05) is 5.73 Å². The van der Waals surface area contributed by atoms with Crippen molar-refractivity contribution in [3.8, 4) is 0 Å². The van der Waals surface area contributed by atoms with Crippen molar-refractivity contribution in [1.29, 1.82) is 0 Å². The smallest absolute Gasteiger partial charge is 0.300 e. The van der Waals surface area contributed by atoms with Crippen LogP contribution in [0.4, 0.5) is 5.88 Å². The SMILES string of the molecule is CC(=O)O.N.Nc1ccco1. The maximum absolute atomic E-state index is 9.00. The molecule has 6 N–H and O–H groups in total. The fraction of sp³-hybridized carbons (Fsp3) is 0.167. The average molecular weight is 160 g/mol. The van der Waals surface area contributed by atoms with Gasteiger partial charge in [-0.3, -0.25) is 4.79 Å². The van der Waals surface area contributed by atoms with Gasteiger partial charge in [0, 0.05) is 13.0 Å². The van der Waals surface area contributed by atoms with Crippen LogP contribution in [0.15, 0.2) is 22.8 Å². The summed E-state index contributed by atoms with van der Waals surface area (Å²) in [6, 6.07) is 3.44. The lowest BCUT2D eigenvalue weighted by Crippen LogP contribution is -1.78. The molecule has 1 aromatic rings. The number of carbonyl (C=O) groups is 1. The Morgan fingerprint density at radius 3 is 2.27 bits per heavy atom. The van der Waals surface area contributed by atoms with Crippen LogP contribution in [0, 0.1) is 0 Å². The maximum Gasteiger partial charge on any atom is 0.300 e. The molecule has 0 atom stereocenters. The molecule has 0 radical (unpaired) electrons. The van der Waals surface area contributed by atoms with Crippen LogP contribution in [0.25, 0.3) is 0 Å². The Bertz CT molecular complexity index is 180. The zero-order valence-electron chi connectivity index (χ0n) is 6.28. The van der Waals surface area contributed by atoms with Crippen LogP contribution in [0.3, 0.4) is 0 Å². The first-order valence-electron chi connectivity index (χ1n) is 2.61. The van der Waals surface area contributed by atoms with Gasteiger partial charge in [-0.1, -0.05) is 0 Å². The number of aliphatic carboxylic acids is 1. The summed E-state index contributed by atoms with van der Waals surface area (Å²) in [5.41, 5.74) is 5.11. The second kappa shape index (κ2) is 6.63. The summed E-state index contributed by atoms with van der Waals surface area (Å²) in [4.78, 5) is 9.00. The molecule has 5 heteroatoms. The number of anilines is 1. The molecule has 0 saturated carbocycles. The minimum atomic E-state index is -0.833. The summed E-state index contributed by atoms with van der Waals surface area (Å²) < 4.78 is 4.61. The molecule has 11 heavy (non-hydrogen) atoms. The summed E-state index contributed by atoms with van der Waals surface area (Å²) in [6.45, 7) is 1.08. The summed E-state index contributed by atoms with van der Waals surface area (Å²) in [6.07, 6.45) is 1.54. The van der Waals surface area contributed by atoms with Crippen LogP contribution < -0.4 is 11.9 Å². The Hall–Kier alpha value is -1.49. The Balaban J connectivity index is 0. The third-order valence-corrected chi connectivity index (χ3v) is 0.543. The van der Waals surface area contributed by atoms with E-state index in [-0.39, 0.29) is 6.15 Å². The molecule has 0 bridgehead atoms. The maximum atomic E-state index is 9.00. The molecule has 0 fully saturated rings. The minimum Gasteiger partial charge on any atom is -0.481 e. The van der Waals surface area contributed by atoms with Crippen LogP contribution in [0.1, 0.15) is 6.92 Å². The lowest BCUT2D eigenvalue weighted by molar-refractivity contribution is -0.134. The molecular formula is C6H12N2O3. The highest BCUT2D eigenvalue weighted by atomic mass is 16.4. The molecule has 0 aliphatic heterocycles. The van der Waals surface area contributed by atoms with Gasteiger partial charge in [0.25, 0.3) is 5.97 Å². The zero-order valence-corrected chi connectivity index (χ0v) is 6.28. The van der Waals surface area contributed by atoms with Crippen molar-refractivity contribution in [2.24, 2.45) is 0 Å². The summed E-state index contributed by atoms with van der Waals surface area (Å²) in [5.74, 6) is -0.366. The van der Waals surface area contributed by atoms with Gasteiger partial charge in [-0.25, -0.2) is 0 Å². The second-order valence-electron chi connectivity index (χ2n) is 1.53. The van der Waals surface area contributed by atoms with Gasteiger partial charge in [0.1, 0.15) is 0 Å². The fourth-order valence-electron chi connectivity index (χ4n) is 0.291. The number of carboxylic acids is 1. The number of nitrogens with two attached hydrogens (primary N) is 1. The Morgan fingerprint density at radius 1 is 1.73 bits per heavy atom. The molecule has 5 nitrogen and oxygen atoms in total. The molecule has 0 amide bonds. The molecule has 1 rings (SSSR count). The van der Waals surface area contributed by atoms with Crippen LogP contribution in [-0.2, 0) is 4.79 Å². The highest BCUT2D eigenvalue weighted by molar-refractivity contribution is 5.62. The normalized spacial score (nSPS) is 7.00.